The van der Waals surface area contributed by atoms with Crippen LogP contribution in [0.15, 0.2) is 28.8 Å². The number of aryl methyl sites for hydroxylation is 1. The average Bonchev–Trinajstić information content (AvgIpc) is 2.78. The van der Waals surface area contributed by atoms with Gasteiger partial charge in [0.05, 0.1) is 5.56 Å². The van der Waals surface area contributed by atoms with Gasteiger partial charge in [0.1, 0.15) is 0 Å². The van der Waals surface area contributed by atoms with E-state index in [0.29, 0.717) is 11.1 Å². The molecule has 0 fully saturated rings. The molecule has 6 nitrogen and oxygen atoms in total. The molecule has 0 saturated heterocycles. The molecule has 1 heterocycles. The molecule has 0 atom stereocenters. The molecule has 0 spiro atoms. The minimum Gasteiger partial charge on any atom is -0.478 e. The first kappa shape index (κ1) is 11.8. The maximum atomic E-state index is 11.0. The molecule has 0 radical (unpaired) electrons. The van der Waals surface area contributed by atoms with Crippen molar-refractivity contribution in [1.29, 1.82) is 0 Å². The van der Waals surface area contributed by atoms with E-state index < -0.39 is 11.9 Å². The molecule has 2 N–H and O–H groups in total. The van der Waals surface area contributed by atoms with Gasteiger partial charge in [0.25, 0.3) is 0 Å². The van der Waals surface area contributed by atoms with E-state index in [1.54, 1.807) is 19.1 Å². The van der Waals surface area contributed by atoms with E-state index in [4.69, 9.17) is 14.7 Å². The molecular weight excluding hydrogens is 238 g/mol. The molecule has 6 heteroatoms. The second-order valence-electron chi connectivity index (χ2n) is 3.72. The van der Waals surface area contributed by atoms with E-state index >= 15 is 0 Å². The summed E-state index contributed by atoms with van der Waals surface area (Å²) in [7, 11) is 0. The zero-order valence-electron chi connectivity index (χ0n) is 9.38. The third kappa shape index (κ3) is 2.08. The van der Waals surface area contributed by atoms with Gasteiger partial charge in [-0.15, -0.1) is 0 Å². The zero-order chi connectivity index (χ0) is 13.3. The Morgan fingerprint density at radius 3 is 2.44 bits per heavy atom. The number of nitrogens with zero attached hydrogens (tertiary/aromatic N) is 1. The lowest BCUT2D eigenvalue weighted by Gasteiger charge is -2.02. The summed E-state index contributed by atoms with van der Waals surface area (Å²) in [6.07, 6.45) is 0. The maximum Gasteiger partial charge on any atom is 0.358 e. The molecule has 0 aliphatic heterocycles. The van der Waals surface area contributed by atoms with Gasteiger partial charge in [-0.3, -0.25) is 0 Å². The summed E-state index contributed by atoms with van der Waals surface area (Å²) in [5.74, 6) is -2.03. The van der Waals surface area contributed by atoms with Gasteiger partial charge in [0, 0.05) is 11.6 Å². The van der Waals surface area contributed by atoms with Gasteiger partial charge < -0.3 is 14.7 Å². The number of aromatic nitrogens is 1. The van der Waals surface area contributed by atoms with Crippen molar-refractivity contribution in [1.82, 2.24) is 5.16 Å². The predicted molar refractivity (Wildman–Crippen MR) is 60.6 cm³/mol. The average molecular weight is 247 g/mol. The van der Waals surface area contributed by atoms with E-state index in [1.165, 1.54) is 12.1 Å². The minimum absolute atomic E-state index is 0.140. The van der Waals surface area contributed by atoms with Gasteiger partial charge in [-0.25, -0.2) is 9.59 Å². The molecule has 0 bridgehead atoms. The zero-order valence-corrected chi connectivity index (χ0v) is 9.38. The van der Waals surface area contributed by atoms with E-state index in [-0.39, 0.29) is 17.0 Å². The van der Waals surface area contributed by atoms with Crippen molar-refractivity contribution < 1.29 is 24.3 Å². The molecule has 2 aromatic rings. The normalized spacial score (nSPS) is 10.3. The summed E-state index contributed by atoms with van der Waals surface area (Å²) in [4.78, 5) is 21.6. The summed E-state index contributed by atoms with van der Waals surface area (Å²) in [5.41, 5.74) is 1.01. The third-order valence-corrected chi connectivity index (χ3v) is 2.48. The fourth-order valence-electron chi connectivity index (χ4n) is 1.52. The SMILES string of the molecule is Cc1ccc(-c2cc(C(=O)O)no2)cc1C(=O)O. The van der Waals surface area contributed by atoms with Gasteiger partial charge in [-0.05, 0) is 18.6 Å². The lowest BCUT2D eigenvalue weighted by molar-refractivity contribution is 0.0679. The lowest BCUT2D eigenvalue weighted by atomic mass is 10.0. The molecule has 1 aromatic carbocycles. The van der Waals surface area contributed by atoms with E-state index in [0.717, 1.165) is 0 Å². The summed E-state index contributed by atoms with van der Waals surface area (Å²) in [5, 5.41) is 21.1. The smallest absolute Gasteiger partial charge is 0.358 e. The highest BCUT2D eigenvalue weighted by Gasteiger charge is 2.14. The van der Waals surface area contributed by atoms with Crippen LogP contribution in [0, 0.1) is 6.92 Å². The van der Waals surface area contributed by atoms with Crippen molar-refractivity contribution in [3.63, 3.8) is 0 Å². The molecule has 18 heavy (non-hydrogen) atoms. The van der Waals surface area contributed by atoms with Gasteiger partial charge in [-0.2, -0.15) is 0 Å². The highest BCUT2D eigenvalue weighted by molar-refractivity contribution is 5.91. The summed E-state index contributed by atoms with van der Waals surface area (Å²) in [6, 6.07) is 5.94. The first-order valence-corrected chi connectivity index (χ1v) is 5.03. The van der Waals surface area contributed by atoms with Gasteiger partial charge >= 0.3 is 11.9 Å². The molecule has 0 aliphatic carbocycles. The Morgan fingerprint density at radius 2 is 1.89 bits per heavy atom. The van der Waals surface area contributed by atoms with Crippen LogP contribution in [0.4, 0.5) is 0 Å². The van der Waals surface area contributed by atoms with E-state index in [1.807, 2.05) is 0 Å². The van der Waals surface area contributed by atoms with Crippen molar-refractivity contribution in [2.24, 2.45) is 0 Å². The number of carboxylic acids is 2. The molecule has 92 valence electrons. The van der Waals surface area contributed by atoms with Crippen molar-refractivity contribution >= 4 is 11.9 Å². The molecule has 1 aromatic heterocycles. The number of rotatable bonds is 3. The van der Waals surface area contributed by atoms with E-state index in [9.17, 15) is 9.59 Å². The Balaban J connectivity index is 2.47. The van der Waals surface area contributed by atoms with Crippen LogP contribution in [0.3, 0.4) is 0 Å². The van der Waals surface area contributed by atoms with Crippen LogP contribution < -0.4 is 0 Å². The largest absolute Gasteiger partial charge is 0.478 e. The number of carboxylic acid groups (broad SMARTS) is 2. The Bertz CT molecular complexity index is 629. The van der Waals surface area contributed by atoms with Crippen molar-refractivity contribution in [2.75, 3.05) is 0 Å². The monoisotopic (exact) mass is 247 g/mol. The molecule has 0 aliphatic rings. The van der Waals surface area contributed by atoms with Crippen molar-refractivity contribution in [2.45, 2.75) is 6.92 Å². The van der Waals surface area contributed by atoms with Crippen LogP contribution >= 0.6 is 0 Å². The third-order valence-electron chi connectivity index (χ3n) is 2.48. The number of hydrogen-bond donors (Lipinski definition) is 2. The Labute approximate surface area is 101 Å². The highest BCUT2D eigenvalue weighted by Crippen LogP contribution is 2.23. The molecule has 0 saturated carbocycles. The lowest BCUT2D eigenvalue weighted by Crippen LogP contribution is -1.99. The predicted octanol–water partition coefficient (Wildman–Crippen LogP) is 2.05. The molecular formula is C12H9NO5. The first-order valence-electron chi connectivity index (χ1n) is 5.03. The van der Waals surface area contributed by atoms with Crippen LogP contribution in [0.25, 0.3) is 11.3 Å². The van der Waals surface area contributed by atoms with Crippen LogP contribution in [0.5, 0.6) is 0 Å². The van der Waals surface area contributed by atoms with Crippen LogP contribution in [0.1, 0.15) is 26.4 Å². The van der Waals surface area contributed by atoms with Gasteiger partial charge in [0.15, 0.2) is 11.5 Å². The second-order valence-corrected chi connectivity index (χ2v) is 3.72. The van der Waals surface area contributed by atoms with Crippen LogP contribution in [-0.2, 0) is 0 Å². The maximum absolute atomic E-state index is 11.0. The van der Waals surface area contributed by atoms with Crippen molar-refractivity contribution in [3.8, 4) is 11.3 Å². The topological polar surface area (TPSA) is 101 Å². The van der Waals surface area contributed by atoms with Gasteiger partial charge in [0.2, 0.25) is 0 Å². The fourth-order valence-corrected chi connectivity index (χ4v) is 1.52. The molecule has 0 unspecified atom stereocenters. The summed E-state index contributed by atoms with van der Waals surface area (Å²) in [6.45, 7) is 1.68. The minimum atomic E-state index is -1.20. The van der Waals surface area contributed by atoms with Gasteiger partial charge in [-0.1, -0.05) is 17.3 Å². The molecule has 0 amide bonds. The summed E-state index contributed by atoms with van der Waals surface area (Å²) < 4.78 is 4.86. The molecule has 2 rings (SSSR count). The highest BCUT2D eigenvalue weighted by atomic mass is 16.5. The Kier molecular flexibility index (Phi) is 2.85. The second kappa shape index (κ2) is 4.33. The van der Waals surface area contributed by atoms with Crippen LogP contribution in [0.2, 0.25) is 0 Å². The summed E-state index contributed by atoms with van der Waals surface area (Å²) >= 11 is 0. The Hall–Kier alpha value is -2.63. The van der Waals surface area contributed by atoms with E-state index in [2.05, 4.69) is 5.16 Å². The standard InChI is InChI=1S/C12H9NO5/c1-6-2-3-7(4-8(6)11(14)15)10-5-9(12(16)17)13-18-10/h2-5H,1H3,(H,14,15)(H,16,17). The number of carbonyl (C=O) groups is 2. The first-order chi connectivity index (χ1) is 8.49. The Morgan fingerprint density at radius 1 is 1.17 bits per heavy atom. The number of aromatic carboxylic acids is 2. The van der Waals surface area contributed by atoms with Crippen molar-refractivity contribution in [3.05, 3.63) is 41.1 Å². The number of hydrogen-bond acceptors (Lipinski definition) is 4. The fraction of sp³-hybridized carbons (Fsp3) is 0.0833. The number of benzene rings is 1. The van der Waals surface area contributed by atoms with Crippen LogP contribution in [-0.4, -0.2) is 27.3 Å². The quantitative estimate of drug-likeness (QED) is 0.860.